The SMILES string of the molecule is CC(C)(C)C(CCO)NC1CCOC2(CCCC2)C1. The number of nitrogens with one attached hydrogen (secondary N) is 1. The van der Waals surface area contributed by atoms with Crippen LogP contribution in [0.5, 0.6) is 0 Å². The van der Waals surface area contributed by atoms with Crippen LogP contribution in [0.2, 0.25) is 0 Å². The van der Waals surface area contributed by atoms with Crippen molar-refractivity contribution in [2.75, 3.05) is 13.2 Å². The molecule has 2 N–H and O–H groups in total. The highest BCUT2D eigenvalue weighted by Crippen LogP contribution is 2.40. The van der Waals surface area contributed by atoms with Crippen molar-refractivity contribution >= 4 is 0 Å². The smallest absolute Gasteiger partial charge is 0.0697 e. The summed E-state index contributed by atoms with van der Waals surface area (Å²) in [5, 5.41) is 13.1. The maximum Gasteiger partial charge on any atom is 0.0697 e. The van der Waals surface area contributed by atoms with Crippen LogP contribution < -0.4 is 5.32 Å². The summed E-state index contributed by atoms with van der Waals surface area (Å²) < 4.78 is 6.09. The predicted molar refractivity (Wildman–Crippen MR) is 78.3 cm³/mol. The summed E-state index contributed by atoms with van der Waals surface area (Å²) in [5.74, 6) is 0. The molecule has 1 saturated heterocycles. The van der Waals surface area contributed by atoms with Gasteiger partial charge in [-0.2, -0.15) is 0 Å². The van der Waals surface area contributed by atoms with E-state index >= 15 is 0 Å². The van der Waals surface area contributed by atoms with Crippen LogP contribution in [0.3, 0.4) is 0 Å². The molecule has 0 radical (unpaired) electrons. The van der Waals surface area contributed by atoms with E-state index in [-0.39, 0.29) is 17.6 Å². The highest BCUT2D eigenvalue weighted by Gasteiger charge is 2.40. The summed E-state index contributed by atoms with van der Waals surface area (Å²) in [7, 11) is 0. The molecular weight excluding hydrogens is 238 g/mol. The zero-order chi connectivity index (χ0) is 13.9. The van der Waals surface area contributed by atoms with Crippen molar-refractivity contribution < 1.29 is 9.84 Å². The molecule has 112 valence electrons. The molecule has 1 saturated carbocycles. The van der Waals surface area contributed by atoms with Crippen LogP contribution in [-0.4, -0.2) is 36.0 Å². The van der Waals surface area contributed by atoms with Crippen molar-refractivity contribution in [2.45, 2.75) is 83.4 Å². The number of hydrogen-bond donors (Lipinski definition) is 2. The molecule has 1 aliphatic heterocycles. The van der Waals surface area contributed by atoms with Gasteiger partial charge in [-0.15, -0.1) is 0 Å². The maximum atomic E-state index is 9.27. The van der Waals surface area contributed by atoms with Crippen molar-refractivity contribution in [1.29, 1.82) is 0 Å². The Kier molecular flexibility index (Phi) is 4.91. The first kappa shape index (κ1) is 15.3. The van der Waals surface area contributed by atoms with E-state index in [4.69, 9.17) is 4.74 Å². The van der Waals surface area contributed by atoms with Gasteiger partial charge in [0.2, 0.25) is 0 Å². The molecule has 1 heterocycles. The molecule has 0 amide bonds. The first-order chi connectivity index (χ1) is 8.95. The van der Waals surface area contributed by atoms with Gasteiger partial charge >= 0.3 is 0 Å². The summed E-state index contributed by atoms with van der Waals surface area (Å²) in [6.07, 6.45) is 8.24. The van der Waals surface area contributed by atoms with Crippen LogP contribution in [0, 0.1) is 5.41 Å². The second-order valence-corrected chi connectivity index (χ2v) is 7.53. The van der Waals surface area contributed by atoms with E-state index in [2.05, 4.69) is 26.1 Å². The topological polar surface area (TPSA) is 41.5 Å². The molecule has 2 fully saturated rings. The van der Waals surface area contributed by atoms with Crippen molar-refractivity contribution in [3.05, 3.63) is 0 Å². The van der Waals surface area contributed by atoms with Gasteiger partial charge in [0.05, 0.1) is 5.60 Å². The number of aliphatic hydroxyl groups is 1. The minimum atomic E-state index is 0.178. The fourth-order valence-electron chi connectivity index (χ4n) is 3.72. The molecule has 19 heavy (non-hydrogen) atoms. The van der Waals surface area contributed by atoms with Crippen LogP contribution in [0.15, 0.2) is 0 Å². The Balaban J connectivity index is 1.93. The zero-order valence-electron chi connectivity index (χ0n) is 12.9. The molecule has 1 aliphatic carbocycles. The van der Waals surface area contributed by atoms with Gasteiger partial charge in [-0.05, 0) is 37.5 Å². The second-order valence-electron chi connectivity index (χ2n) is 7.53. The average molecular weight is 269 g/mol. The van der Waals surface area contributed by atoms with E-state index in [1.54, 1.807) is 0 Å². The van der Waals surface area contributed by atoms with Gasteiger partial charge in [0.25, 0.3) is 0 Å². The third-order valence-corrected chi connectivity index (χ3v) is 4.91. The Hall–Kier alpha value is -0.120. The summed E-state index contributed by atoms with van der Waals surface area (Å²) in [6, 6.07) is 0.946. The van der Waals surface area contributed by atoms with Crippen LogP contribution >= 0.6 is 0 Å². The second kappa shape index (κ2) is 6.11. The highest BCUT2D eigenvalue weighted by molar-refractivity contribution is 4.95. The molecule has 2 unspecified atom stereocenters. The summed E-state index contributed by atoms with van der Waals surface area (Å²) in [6.45, 7) is 7.93. The van der Waals surface area contributed by atoms with Gasteiger partial charge in [0.15, 0.2) is 0 Å². The number of rotatable bonds is 4. The highest BCUT2D eigenvalue weighted by atomic mass is 16.5. The molecule has 2 atom stereocenters. The summed E-state index contributed by atoms with van der Waals surface area (Å²) in [5.41, 5.74) is 0.376. The van der Waals surface area contributed by atoms with Gasteiger partial charge in [0.1, 0.15) is 0 Å². The third-order valence-electron chi connectivity index (χ3n) is 4.91. The Morgan fingerprint density at radius 1 is 1.32 bits per heavy atom. The normalized spacial score (nSPS) is 28.7. The van der Waals surface area contributed by atoms with Crippen LogP contribution in [0.25, 0.3) is 0 Å². The number of aliphatic hydroxyl groups excluding tert-OH is 1. The van der Waals surface area contributed by atoms with E-state index in [9.17, 15) is 5.11 Å². The average Bonchev–Trinajstić information content (AvgIpc) is 2.76. The van der Waals surface area contributed by atoms with Crippen LogP contribution in [0.4, 0.5) is 0 Å². The molecule has 0 aromatic rings. The van der Waals surface area contributed by atoms with E-state index < -0.39 is 0 Å². The largest absolute Gasteiger partial charge is 0.396 e. The summed E-state index contributed by atoms with van der Waals surface area (Å²) >= 11 is 0. The number of ether oxygens (including phenoxy) is 1. The zero-order valence-corrected chi connectivity index (χ0v) is 12.9. The maximum absolute atomic E-state index is 9.27. The van der Waals surface area contributed by atoms with Gasteiger partial charge in [-0.25, -0.2) is 0 Å². The van der Waals surface area contributed by atoms with E-state index in [0.717, 1.165) is 25.9 Å². The van der Waals surface area contributed by atoms with Crippen molar-refractivity contribution in [1.82, 2.24) is 5.32 Å². The molecule has 2 rings (SSSR count). The lowest BCUT2D eigenvalue weighted by Crippen LogP contribution is -2.52. The molecule has 0 aromatic heterocycles. The first-order valence-electron chi connectivity index (χ1n) is 7.96. The Labute approximate surface area is 118 Å². The fraction of sp³-hybridized carbons (Fsp3) is 1.00. The Morgan fingerprint density at radius 3 is 2.58 bits per heavy atom. The van der Waals surface area contributed by atoms with Crippen molar-refractivity contribution in [3.63, 3.8) is 0 Å². The molecule has 0 bridgehead atoms. The monoisotopic (exact) mass is 269 g/mol. The molecule has 0 aromatic carbocycles. The fourth-order valence-corrected chi connectivity index (χ4v) is 3.72. The van der Waals surface area contributed by atoms with Crippen LogP contribution in [-0.2, 0) is 4.74 Å². The lowest BCUT2D eigenvalue weighted by molar-refractivity contribution is -0.0863. The van der Waals surface area contributed by atoms with Gasteiger partial charge in [0, 0.05) is 25.3 Å². The minimum Gasteiger partial charge on any atom is -0.396 e. The van der Waals surface area contributed by atoms with Gasteiger partial charge in [-0.3, -0.25) is 0 Å². The number of hydrogen-bond acceptors (Lipinski definition) is 3. The van der Waals surface area contributed by atoms with E-state index in [1.165, 1.54) is 25.7 Å². The Morgan fingerprint density at radius 2 is 2.00 bits per heavy atom. The van der Waals surface area contributed by atoms with Crippen molar-refractivity contribution in [3.8, 4) is 0 Å². The van der Waals surface area contributed by atoms with Gasteiger partial charge < -0.3 is 15.2 Å². The minimum absolute atomic E-state index is 0.178. The predicted octanol–water partition coefficient (Wildman–Crippen LogP) is 2.86. The molecular formula is C16H31NO2. The first-order valence-corrected chi connectivity index (χ1v) is 7.96. The molecule has 1 spiro atoms. The summed E-state index contributed by atoms with van der Waals surface area (Å²) in [4.78, 5) is 0. The quantitative estimate of drug-likeness (QED) is 0.824. The lowest BCUT2D eigenvalue weighted by Gasteiger charge is -2.42. The van der Waals surface area contributed by atoms with Crippen LogP contribution in [0.1, 0.15) is 65.7 Å². The lowest BCUT2D eigenvalue weighted by atomic mass is 9.82. The van der Waals surface area contributed by atoms with Gasteiger partial charge in [-0.1, -0.05) is 33.6 Å². The van der Waals surface area contributed by atoms with E-state index in [1.807, 2.05) is 0 Å². The molecule has 2 aliphatic rings. The van der Waals surface area contributed by atoms with Crippen molar-refractivity contribution in [2.24, 2.45) is 5.41 Å². The molecule has 3 nitrogen and oxygen atoms in total. The molecule has 3 heteroatoms. The van der Waals surface area contributed by atoms with E-state index in [0.29, 0.717) is 12.1 Å². The third kappa shape index (κ3) is 3.93. The standard InChI is InChI=1S/C16H31NO2/c1-15(2,3)14(6-10-18)17-13-7-11-19-16(12-13)8-4-5-9-16/h13-14,17-18H,4-12H2,1-3H3. The Bertz CT molecular complexity index is 279.